The number of benzene rings is 1. The van der Waals surface area contributed by atoms with Gasteiger partial charge in [-0.25, -0.2) is 17.4 Å². The van der Waals surface area contributed by atoms with Crippen LogP contribution in [0.5, 0.6) is 5.75 Å². The normalized spacial score (nSPS) is 11.4. The van der Waals surface area contributed by atoms with Crippen LogP contribution in [0.4, 0.5) is 0 Å². The maximum absolute atomic E-state index is 13.5. The monoisotopic (exact) mass is 427 g/mol. The molecule has 156 valence electrons. The van der Waals surface area contributed by atoms with Gasteiger partial charge in [-0.3, -0.25) is 4.79 Å². The summed E-state index contributed by atoms with van der Waals surface area (Å²) in [5, 5.41) is 19.0. The highest BCUT2D eigenvalue weighted by molar-refractivity contribution is 7.90. The second-order valence-corrected chi connectivity index (χ2v) is 8.54. The van der Waals surface area contributed by atoms with Gasteiger partial charge in [-0.2, -0.15) is 5.26 Å². The lowest BCUT2D eigenvalue weighted by molar-refractivity contribution is -0.136. The van der Waals surface area contributed by atoms with Gasteiger partial charge < -0.3 is 9.84 Å². The highest BCUT2D eigenvalue weighted by Gasteiger charge is 2.27. The maximum atomic E-state index is 13.5. The minimum Gasteiger partial charge on any atom is -0.492 e. The lowest BCUT2D eigenvalue weighted by Gasteiger charge is -2.12. The van der Waals surface area contributed by atoms with Crippen LogP contribution in [-0.4, -0.2) is 35.1 Å². The zero-order valence-electron chi connectivity index (χ0n) is 16.6. The number of rotatable bonds is 8. The molecule has 0 saturated heterocycles. The number of carboxylic acid groups (broad SMARTS) is 1. The summed E-state index contributed by atoms with van der Waals surface area (Å²) < 4.78 is 33.7. The van der Waals surface area contributed by atoms with E-state index in [9.17, 15) is 23.6 Å². The largest absolute Gasteiger partial charge is 0.492 e. The second-order valence-electron chi connectivity index (χ2n) is 6.75. The Morgan fingerprint density at radius 2 is 2.10 bits per heavy atom. The van der Waals surface area contributed by atoms with E-state index in [2.05, 4.69) is 4.98 Å². The Balaban J connectivity index is 2.18. The van der Waals surface area contributed by atoms with Gasteiger partial charge in [-0.15, -0.1) is 0 Å². The molecule has 3 rings (SSSR count). The number of carboxylic acids is 1. The van der Waals surface area contributed by atoms with E-state index in [1.54, 1.807) is 19.1 Å². The number of fused-ring (bicyclic) bond motifs is 1. The summed E-state index contributed by atoms with van der Waals surface area (Å²) in [6.45, 7) is 3.92. The third-order valence-electron chi connectivity index (χ3n) is 4.74. The average Bonchev–Trinajstić information content (AvgIpc) is 3.00. The highest BCUT2D eigenvalue weighted by Crippen LogP contribution is 2.31. The predicted octanol–water partition coefficient (Wildman–Crippen LogP) is 3.26. The van der Waals surface area contributed by atoms with Crippen molar-refractivity contribution >= 4 is 27.0 Å². The van der Waals surface area contributed by atoms with Gasteiger partial charge in [0, 0.05) is 23.3 Å². The third-order valence-corrected chi connectivity index (χ3v) is 6.52. The Morgan fingerprint density at radius 1 is 1.33 bits per heavy atom. The maximum Gasteiger partial charge on any atom is 0.307 e. The molecule has 30 heavy (non-hydrogen) atoms. The summed E-state index contributed by atoms with van der Waals surface area (Å²) in [7, 11) is -4.12. The first-order valence-electron chi connectivity index (χ1n) is 9.40. The molecule has 8 nitrogen and oxygen atoms in total. The van der Waals surface area contributed by atoms with E-state index in [1.807, 2.05) is 13.0 Å². The van der Waals surface area contributed by atoms with Gasteiger partial charge in [0.2, 0.25) is 0 Å². The summed E-state index contributed by atoms with van der Waals surface area (Å²) in [5.41, 5.74) is 1.07. The zero-order valence-corrected chi connectivity index (χ0v) is 17.4. The van der Waals surface area contributed by atoms with Crippen molar-refractivity contribution < 1.29 is 23.1 Å². The molecule has 0 fully saturated rings. The van der Waals surface area contributed by atoms with Crippen molar-refractivity contribution in [3.8, 4) is 11.8 Å². The van der Waals surface area contributed by atoms with Gasteiger partial charge in [0.15, 0.2) is 5.65 Å². The Morgan fingerprint density at radius 3 is 2.77 bits per heavy atom. The molecule has 2 aromatic heterocycles. The molecule has 1 aromatic carbocycles. The van der Waals surface area contributed by atoms with Crippen LogP contribution in [0.1, 0.15) is 36.6 Å². The van der Waals surface area contributed by atoms with Crippen LogP contribution in [0.15, 0.2) is 41.4 Å². The molecule has 0 aliphatic rings. The van der Waals surface area contributed by atoms with Gasteiger partial charge >= 0.3 is 5.97 Å². The first-order valence-corrected chi connectivity index (χ1v) is 10.8. The minimum absolute atomic E-state index is 0.0690. The number of carbonyl (C=O) groups is 1. The average molecular weight is 427 g/mol. The fraction of sp³-hybridized carbons (Fsp3) is 0.286. The fourth-order valence-electron chi connectivity index (χ4n) is 3.25. The van der Waals surface area contributed by atoms with Crippen molar-refractivity contribution in [3.63, 3.8) is 0 Å². The Hall–Kier alpha value is -3.38. The van der Waals surface area contributed by atoms with E-state index in [4.69, 9.17) is 4.74 Å². The Bertz CT molecular complexity index is 1260. The molecule has 0 spiro atoms. The molecule has 2 heterocycles. The first kappa shape index (κ1) is 21.3. The number of hydrogen-bond acceptors (Lipinski definition) is 6. The van der Waals surface area contributed by atoms with Crippen LogP contribution in [0, 0.1) is 18.3 Å². The number of aromatic nitrogens is 2. The molecule has 0 aliphatic carbocycles. The molecule has 0 saturated carbocycles. The third kappa shape index (κ3) is 3.86. The molecular weight excluding hydrogens is 406 g/mol. The van der Waals surface area contributed by atoms with Crippen molar-refractivity contribution in [3.05, 3.63) is 53.3 Å². The summed E-state index contributed by atoms with van der Waals surface area (Å²) in [4.78, 5) is 15.4. The molecule has 0 amide bonds. The lowest BCUT2D eigenvalue weighted by Crippen LogP contribution is -2.16. The first-order chi connectivity index (χ1) is 14.3. The molecule has 0 bridgehead atoms. The lowest BCUT2D eigenvalue weighted by atomic mass is 10.1. The van der Waals surface area contributed by atoms with Crippen molar-refractivity contribution in [2.75, 3.05) is 6.61 Å². The second kappa shape index (κ2) is 8.55. The Kier molecular flexibility index (Phi) is 6.08. The molecule has 9 heteroatoms. The fourth-order valence-corrected chi connectivity index (χ4v) is 4.80. The number of aliphatic carboxylic acids is 1. The van der Waals surface area contributed by atoms with Crippen LogP contribution in [-0.2, 0) is 21.2 Å². The van der Waals surface area contributed by atoms with E-state index < -0.39 is 16.0 Å². The molecule has 0 atom stereocenters. The summed E-state index contributed by atoms with van der Waals surface area (Å²) in [6.07, 6.45) is 2.80. The van der Waals surface area contributed by atoms with E-state index in [1.165, 1.54) is 24.4 Å². The number of nitriles is 1. The summed E-state index contributed by atoms with van der Waals surface area (Å²) in [6, 6.07) is 9.35. The van der Waals surface area contributed by atoms with Gasteiger partial charge in [0.1, 0.15) is 11.8 Å². The summed E-state index contributed by atoms with van der Waals surface area (Å²) >= 11 is 0. The van der Waals surface area contributed by atoms with Crippen LogP contribution in [0.3, 0.4) is 0 Å². The van der Waals surface area contributed by atoms with Crippen LogP contribution in [0.25, 0.3) is 11.0 Å². The van der Waals surface area contributed by atoms with Crippen LogP contribution >= 0.6 is 0 Å². The SMILES string of the molecule is CCCCOc1cc(S(=O)(=O)n2c(C)c(CC(=O)O)c3cccnc32)ccc1C#N. The quantitative estimate of drug-likeness (QED) is 0.547. The van der Waals surface area contributed by atoms with Gasteiger partial charge in [-0.1, -0.05) is 13.3 Å². The van der Waals surface area contributed by atoms with Gasteiger partial charge in [-0.05, 0) is 43.2 Å². The van der Waals surface area contributed by atoms with Gasteiger partial charge in [0.05, 0.1) is 23.5 Å². The topological polar surface area (TPSA) is 122 Å². The molecular formula is C21H21N3O5S. The summed E-state index contributed by atoms with van der Waals surface area (Å²) in [5.74, 6) is -0.872. The number of nitrogens with zero attached hydrogens (tertiary/aromatic N) is 3. The van der Waals surface area contributed by atoms with E-state index in [-0.39, 0.29) is 34.0 Å². The van der Waals surface area contributed by atoms with Crippen LogP contribution in [0.2, 0.25) is 0 Å². The number of unbranched alkanes of at least 4 members (excludes halogenated alkanes) is 1. The molecule has 0 radical (unpaired) electrons. The van der Waals surface area contributed by atoms with Crippen molar-refractivity contribution in [1.82, 2.24) is 8.96 Å². The minimum atomic E-state index is -4.12. The van der Waals surface area contributed by atoms with Crippen molar-refractivity contribution in [2.45, 2.75) is 38.0 Å². The van der Waals surface area contributed by atoms with Gasteiger partial charge in [0.25, 0.3) is 10.0 Å². The van der Waals surface area contributed by atoms with Crippen LogP contribution < -0.4 is 4.74 Å². The molecule has 0 aliphatic heterocycles. The van der Waals surface area contributed by atoms with E-state index in [0.717, 1.165) is 16.8 Å². The molecule has 0 unspecified atom stereocenters. The smallest absolute Gasteiger partial charge is 0.307 e. The van der Waals surface area contributed by atoms with E-state index in [0.29, 0.717) is 17.6 Å². The number of hydrogen-bond donors (Lipinski definition) is 1. The molecule has 3 aromatic rings. The number of pyridine rings is 1. The standard InChI is InChI=1S/C21H21N3O5S/c1-3-4-10-29-19-11-16(8-7-15(19)13-22)30(27,28)24-14(2)18(12-20(25)26)17-6-5-9-23-21(17)24/h5-9,11H,3-4,10,12H2,1-2H3,(H,25,26). The highest BCUT2D eigenvalue weighted by atomic mass is 32.2. The van der Waals surface area contributed by atoms with E-state index >= 15 is 0 Å². The molecule has 1 N–H and O–H groups in total. The number of ether oxygens (including phenoxy) is 1. The zero-order chi connectivity index (χ0) is 21.9. The predicted molar refractivity (Wildman–Crippen MR) is 110 cm³/mol. The van der Waals surface area contributed by atoms with Crippen molar-refractivity contribution in [2.24, 2.45) is 0 Å². The van der Waals surface area contributed by atoms with Crippen molar-refractivity contribution in [1.29, 1.82) is 5.26 Å². The Labute approximate surface area is 174 Å².